The third kappa shape index (κ3) is 7.28. The molecule has 8 nitrogen and oxygen atoms in total. The molecule has 0 aliphatic heterocycles. The maximum absolute atomic E-state index is 12.6. The Kier molecular flexibility index (Phi) is 9.39. The van der Waals surface area contributed by atoms with E-state index < -0.39 is 11.9 Å². The molecule has 0 radical (unpaired) electrons. The lowest BCUT2D eigenvalue weighted by Crippen LogP contribution is -2.20. The van der Waals surface area contributed by atoms with Crippen LogP contribution in [0.5, 0.6) is 5.75 Å². The zero-order valence-electron chi connectivity index (χ0n) is 18.9. The Morgan fingerprint density at radius 2 is 1.56 bits per heavy atom. The van der Waals surface area contributed by atoms with E-state index >= 15 is 0 Å². The van der Waals surface area contributed by atoms with E-state index in [1.54, 1.807) is 24.3 Å². The van der Waals surface area contributed by atoms with Gasteiger partial charge >= 0.3 is 5.97 Å². The first-order valence-electron chi connectivity index (χ1n) is 10.4. The van der Waals surface area contributed by atoms with Gasteiger partial charge in [0.1, 0.15) is 17.4 Å². The molecule has 2 N–H and O–H groups in total. The number of para-hydroxylation sites is 1. The minimum atomic E-state index is -0.617. The molecular formula is C26H19Br2N3O5. The van der Waals surface area contributed by atoms with Gasteiger partial charge in [-0.25, -0.2) is 4.79 Å². The van der Waals surface area contributed by atoms with Crippen LogP contribution in [0.25, 0.3) is 6.08 Å². The number of nitrogens with zero attached hydrogens (tertiary/aromatic N) is 1. The zero-order valence-corrected chi connectivity index (χ0v) is 22.1. The highest BCUT2D eigenvalue weighted by Gasteiger charge is 2.14. The van der Waals surface area contributed by atoms with Gasteiger partial charge in [-0.3, -0.25) is 9.59 Å². The van der Waals surface area contributed by atoms with Crippen molar-refractivity contribution >= 4 is 67.1 Å². The molecule has 36 heavy (non-hydrogen) atoms. The van der Waals surface area contributed by atoms with E-state index in [-0.39, 0.29) is 18.1 Å². The van der Waals surface area contributed by atoms with Crippen molar-refractivity contribution in [1.29, 1.82) is 5.26 Å². The average molecular weight is 613 g/mol. The molecule has 0 fully saturated rings. The van der Waals surface area contributed by atoms with Crippen LogP contribution in [0.4, 0.5) is 11.4 Å². The summed E-state index contributed by atoms with van der Waals surface area (Å²) < 4.78 is 11.3. The average Bonchev–Trinajstić information content (AvgIpc) is 2.87. The monoisotopic (exact) mass is 611 g/mol. The van der Waals surface area contributed by atoms with Gasteiger partial charge in [-0.1, -0.05) is 18.2 Å². The Hall–Kier alpha value is -3.94. The minimum absolute atomic E-state index is 0.137. The van der Waals surface area contributed by atoms with Gasteiger partial charge in [-0.2, -0.15) is 5.26 Å². The summed E-state index contributed by atoms with van der Waals surface area (Å²) in [5, 5.41) is 14.9. The molecule has 0 aliphatic carbocycles. The number of carbonyl (C=O) groups is 3. The van der Waals surface area contributed by atoms with Gasteiger partial charge in [0.2, 0.25) is 0 Å². The van der Waals surface area contributed by atoms with Gasteiger partial charge in [0.25, 0.3) is 11.8 Å². The number of esters is 1. The van der Waals surface area contributed by atoms with Crippen LogP contribution in [0, 0.1) is 11.3 Å². The van der Waals surface area contributed by atoms with Gasteiger partial charge < -0.3 is 20.1 Å². The van der Waals surface area contributed by atoms with E-state index in [4.69, 9.17) is 4.74 Å². The summed E-state index contributed by atoms with van der Waals surface area (Å²) in [6, 6.07) is 20.3. The van der Waals surface area contributed by atoms with Crippen LogP contribution in [-0.2, 0) is 14.3 Å². The Bertz CT molecular complexity index is 1330. The van der Waals surface area contributed by atoms with E-state index in [0.717, 1.165) is 0 Å². The topological polar surface area (TPSA) is 118 Å². The largest absolute Gasteiger partial charge is 0.481 e. The van der Waals surface area contributed by atoms with Gasteiger partial charge in [0.15, 0.2) is 6.61 Å². The lowest BCUT2D eigenvalue weighted by Gasteiger charge is -2.12. The van der Waals surface area contributed by atoms with E-state index in [1.165, 1.54) is 37.5 Å². The standard InChI is InChI=1S/C26H19Br2N3O5/c1-35-26(34)17-7-9-20(10-8-17)31-25(33)18(14-29)11-16-12-21(27)24(22(28)13-16)36-15-23(32)30-19-5-3-2-4-6-19/h2-13H,15H2,1H3,(H,30,32)(H,31,33)/b18-11-. The molecule has 0 saturated heterocycles. The second-order valence-corrected chi connectivity index (χ2v) is 8.92. The fourth-order valence-electron chi connectivity index (χ4n) is 2.98. The number of methoxy groups -OCH3 is 1. The second kappa shape index (κ2) is 12.7. The Balaban J connectivity index is 1.68. The minimum Gasteiger partial charge on any atom is -0.481 e. The highest BCUT2D eigenvalue weighted by molar-refractivity contribution is 9.11. The molecule has 2 amide bonds. The molecule has 0 saturated carbocycles. The fourth-order valence-corrected chi connectivity index (χ4v) is 4.43. The van der Waals surface area contributed by atoms with Crippen molar-refractivity contribution in [3.05, 3.63) is 92.4 Å². The van der Waals surface area contributed by atoms with Crippen LogP contribution in [0.15, 0.2) is 81.2 Å². The molecule has 0 atom stereocenters. The highest BCUT2D eigenvalue weighted by Crippen LogP contribution is 2.35. The van der Waals surface area contributed by atoms with Crippen molar-refractivity contribution in [2.45, 2.75) is 0 Å². The maximum atomic E-state index is 12.6. The Morgan fingerprint density at radius 1 is 0.944 bits per heavy atom. The number of rotatable bonds is 8. The van der Waals surface area contributed by atoms with Crippen molar-refractivity contribution in [3.63, 3.8) is 0 Å². The second-order valence-electron chi connectivity index (χ2n) is 7.21. The van der Waals surface area contributed by atoms with Gasteiger partial charge in [-0.15, -0.1) is 0 Å². The molecule has 0 aromatic heterocycles. The summed E-state index contributed by atoms with van der Waals surface area (Å²) >= 11 is 6.81. The number of amides is 2. The first kappa shape index (κ1) is 26.7. The first-order chi connectivity index (χ1) is 17.3. The van der Waals surface area contributed by atoms with Crippen molar-refractivity contribution in [2.24, 2.45) is 0 Å². The summed E-state index contributed by atoms with van der Waals surface area (Å²) in [5.41, 5.74) is 1.81. The van der Waals surface area contributed by atoms with E-state index in [2.05, 4.69) is 47.2 Å². The molecule has 0 bridgehead atoms. The normalized spacial score (nSPS) is 10.7. The predicted octanol–water partition coefficient (Wildman–Crippen LogP) is 5.56. The number of nitriles is 1. The van der Waals surface area contributed by atoms with Gasteiger partial charge in [0, 0.05) is 11.4 Å². The van der Waals surface area contributed by atoms with E-state index in [0.29, 0.717) is 37.2 Å². The van der Waals surface area contributed by atoms with Crippen molar-refractivity contribution in [1.82, 2.24) is 0 Å². The van der Waals surface area contributed by atoms with Crippen LogP contribution >= 0.6 is 31.9 Å². The number of hydrogen-bond acceptors (Lipinski definition) is 6. The summed E-state index contributed by atoms with van der Waals surface area (Å²) in [6.07, 6.45) is 1.42. The molecule has 3 aromatic rings. The van der Waals surface area contributed by atoms with Crippen LogP contribution in [0.2, 0.25) is 0 Å². The third-order valence-electron chi connectivity index (χ3n) is 4.67. The number of carbonyl (C=O) groups excluding carboxylic acids is 3. The third-order valence-corrected chi connectivity index (χ3v) is 5.84. The molecule has 3 rings (SSSR count). The molecule has 0 aliphatic rings. The predicted molar refractivity (Wildman–Crippen MR) is 142 cm³/mol. The molecule has 10 heteroatoms. The maximum Gasteiger partial charge on any atom is 0.337 e. The Morgan fingerprint density at radius 3 is 2.14 bits per heavy atom. The van der Waals surface area contributed by atoms with Crippen LogP contribution in [-0.4, -0.2) is 31.5 Å². The fraction of sp³-hybridized carbons (Fsp3) is 0.0769. The van der Waals surface area contributed by atoms with Crippen molar-refractivity contribution in [2.75, 3.05) is 24.4 Å². The zero-order chi connectivity index (χ0) is 26.1. The molecule has 182 valence electrons. The van der Waals surface area contributed by atoms with Crippen molar-refractivity contribution in [3.8, 4) is 11.8 Å². The molecule has 0 heterocycles. The quantitative estimate of drug-likeness (QED) is 0.195. The smallest absolute Gasteiger partial charge is 0.337 e. The van der Waals surface area contributed by atoms with Gasteiger partial charge in [-0.05, 0) is 92.0 Å². The first-order valence-corrected chi connectivity index (χ1v) is 12.0. The van der Waals surface area contributed by atoms with Gasteiger partial charge in [0.05, 0.1) is 21.6 Å². The number of anilines is 2. The molecule has 0 unspecified atom stereocenters. The number of benzene rings is 3. The van der Waals surface area contributed by atoms with Crippen LogP contribution in [0.3, 0.4) is 0 Å². The van der Waals surface area contributed by atoms with E-state index in [1.807, 2.05) is 24.3 Å². The van der Waals surface area contributed by atoms with Crippen LogP contribution in [0.1, 0.15) is 15.9 Å². The molecular weight excluding hydrogens is 594 g/mol. The number of nitrogens with one attached hydrogen (secondary N) is 2. The lowest BCUT2D eigenvalue weighted by molar-refractivity contribution is -0.118. The SMILES string of the molecule is COC(=O)c1ccc(NC(=O)/C(C#N)=C\c2cc(Br)c(OCC(=O)Nc3ccccc3)c(Br)c2)cc1. The highest BCUT2D eigenvalue weighted by atomic mass is 79.9. The summed E-state index contributed by atoms with van der Waals surface area (Å²) in [5.74, 6) is -1.05. The summed E-state index contributed by atoms with van der Waals surface area (Å²) in [6.45, 7) is -0.220. The van der Waals surface area contributed by atoms with Crippen LogP contribution < -0.4 is 15.4 Å². The molecule has 3 aromatic carbocycles. The number of hydrogen-bond donors (Lipinski definition) is 2. The van der Waals surface area contributed by atoms with Crippen molar-refractivity contribution < 1.29 is 23.9 Å². The Labute approximate surface area is 224 Å². The molecule has 0 spiro atoms. The lowest BCUT2D eigenvalue weighted by atomic mass is 10.1. The number of halogens is 2. The number of ether oxygens (including phenoxy) is 2. The van der Waals surface area contributed by atoms with E-state index in [9.17, 15) is 19.6 Å². The summed E-state index contributed by atoms with van der Waals surface area (Å²) in [4.78, 5) is 36.3. The summed E-state index contributed by atoms with van der Waals surface area (Å²) in [7, 11) is 1.28.